The first kappa shape index (κ1) is 59.5. The molecule has 0 aromatic heterocycles. The summed E-state index contributed by atoms with van der Waals surface area (Å²) in [5.41, 5.74) is 5.03. The monoisotopic (exact) mass is 1150 g/mol. The van der Waals surface area contributed by atoms with E-state index in [1.54, 1.807) is 0 Å². The standard InChI is InChI=1S/C17H22N2O2.6AsFH2O3/c1-3-20-15-9-5-13(6-10-15)17(19-18)14-7-11-16(12-8-14)21-4-2;6*2-1(3,4)5/h5-12,17,19H,3-4,18H2,1-2H3;6*(H2,3,4,5). The maximum atomic E-state index is 10.4. The van der Waals surface area contributed by atoms with Crippen LogP contribution in [0, 0.1) is 0 Å². The van der Waals surface area contributed by atoms with E-state index >= 15 is 0 Å². The molecule has 0 unspecified atom stereocenters. The van der Waals surface area contributed by atoms with E-state index in [9.17, 15) is 20.8 Å². The van der Waals surface area contributed by atoms with Crippen molar-refractivity contribution in [2.75, 3.05) is 13.2 Å². The van der Waals surface area contributed by atoms with Crippen LogP contribution in [0.1, 0.15) is 31.0 Å². The van der Waals surface area contributed by atoms with E-state index < -0.39 is 87.9 Å². The fourth-order valence-corrected chi connectivity index (χ4v) is 2.23. The first-order valence-corrected chi connectivity index (χ1v) is 30.6. The molecule has 22 nitrogen and oxygen atoms in total. The van der Waals surface area contributed by atoms with Crippen molar-refractivity contribution in [3.8, 4) is 11.5 Å². The van der Waals surface area contributed by atoms with Crippen LogP contribution in [0.2, 0.25) is 0 Å². The van der Waals surface area contributed by atoms with Gasteiger partial charge >= 0.3 is 180 Å². The molecule has 0 bridgehead atoms. The molecule has 2 aromatic carbocycles. The van der Waals surface area contributed by atoms with Gasteiger partial charge in [-0.25, -0.2) is 5.43 Å². The van der Waals surface area contributed by atoms with Crippen molar-refractivity contribution in [1.82, 2.24) is 5.43 Å². The summed E-state index contributed by atoms with van der Waals surface area (Å²) >= 11 is -33.8. The summed E-state index contributed by atoms with van der Waals surface area (Å²) in [4.78, 5) is 0. The number of ether oxygens (including phenoxy) is 2. The van der Waals surface area contributed by atoms with Gasteiger partial charge in [-0.05, 0) is 49.2 Å². The topological polar surface area (TPSA) is 402 Å². The third-order valence-electron chi connectivity index (χ3n) is 3.22. The van der Waals surface area contributed by atoms with E-state index in [1.807, 2.05) is 62.4 Å². The van der Waals surface area contributed by atoms with Crippen LogP contribution < -0.4 is 20.7 Å². The van der Waals surface area contributed by atoms with Crippen LogP contribution >= 0.6 is 0 Å². The molecular weight excluding hydrogens is 1120 g/mol. The Hall–Kier alpha value is -0.789. The summed E-state index contributed by atoms with van der Waals surface area (Å²) < 4.78 is 210. The van der Waals surface area contributed by atoms with Gasteiger partial charge < -0.3 is 9.47 Å². The summed E-state index contributed by atoms with van der Waals surface area (Å²) in [7, 11) is 0. The van der Waals surface area contributed by atoms with E-state index in [1.165, 1.54) is 0 Å². The van der Waals surface area contributed by atoms with Crippen LogP contribution in [0.15, 0.2) is 48.5 Å². The summed E-state index contributed by atoms with van der Waals surface area (Å²) in [6.45, 7) is 5.27. The first-order chi connectivity index (χ1) is 22.3. The second-order valence-corrected chi connectivity index (χ2v) is 19.3. The van der Waals surface area contributed by atoms with Crippen molar-refractivity contribution < 1.29 is 102 Å². The van der Waals surface area contributed by atoms with Crippen molar-refractivity contribution in [2.24, 2.45) is 5.84 Å². The summed E-state index contributed by atoms with van der Waals surface area (Å²) in [5.74, 6) is 7.45. The predicted octanol–water partition coefficient (Wildman–Crippen LogP) is -4.12. The molecule has 34 heteroatoms. The van der Waals surface area contributed by atoms with Crippen LogP contribution in [-0.4, -0.2) is 150 Å². The van der Waals surface area contributed by atoms with E-state index in [4.69, 9.17) is 86.9 Å². The fraction of sp³-hybridized carbons (Fsp3) is 0.294. The molecular formula is C17H34As6F6N2O20. The summed E-state index contributed by atoms with van der Waals surface area (Å²) in [5, 5.41) is 0. The molecule has 0 aliphatic rings. The molecule has 0 fully saturated rings. The molecule has 0 aliphatic carbocycles. The SMILES string of the molecule is CCOc1ccc(C(NN)c2ccc(OCC)cc2)cc1.O=[As](O)(O)F.O=[As](O)(O)F.O=[As](O)(O)F.O=[As](O)(O)F.O=[As](O)(O)F.O=[As](O)(O)F. The molecule has 0 aliphatic heterocycles. The molecule has 2 aromatic rings. The van der Waals surface area contributed by atoms with Crippen molar-refractivity contribution in [3.05, 3.63) is 59.7 Å². The van der Waals surface area contributed by atoms with Crippen molar-refractivity contribution >= 4 is 87.9 Å². The zero-order valence-corrected chi connectivity index (χ0v) is 36.5. The number of benzene rings is 2. The number of hydrogen-bond donors (Lipinski definition) is 14. The van der Waals surface area contributed by atoms with Crippen LogP contribution in [0.4, 0.5) is 20.8 Å². The van der Waals surface area contributed by atoms with Crippen molar-refractivity contribution in [3.63, 3.8) is 0 Å². The van der Waals surface area contributed by atoms with E-state index in [0.29, 0.717) is 13.2 Å². The number of rotatable bonds is 7. The number of nitrogens with one attached hydrogen (secondary N) is 1. The van der Waals surface area contributed by atoms with E-state index in [0.717, 1.165) is 22.6 Å². The Morgan fingerprint density at radius 1 is 0.490 bits per heavy atom. The quantitative estimate of drug-likeness (QED) is 0.0542. The molecule has 15 N–H and O–H groups in total. The summed E-state index contributed by atoms with van der Waals surface area (Å²) in [6, 6.07) is 15.8. The third-order valence-corrected chi connectivity index (χ3v) is 3.22. The molecule has 0 spiro atoms. The van der Waals surface area contributed by atoms with Gasteiger partial charge in [0.15, 0.2) is 0 Å². The normalized spacial score (nSPS) is 11.3. The zero-order chi connectivity index (χ0) is 42.1. The van der Waals surface area contributed by atoms with Crippen LogP contribution in [0.5, 0.6) is 11.5 Å². The third kappa shape index (κ3) is 88.5. The zero-order valence-electron chi connectivity index (χ0n) is 25.3. The Balaban J connectivity index is -0.000000192. The molecule has 0 saturated carbocycles. The Morgan fingerprint density at radius 3 is 0.765 bits per heavy atom. The number of hydrazine groups is 1. The average Bonchev–Trinajstić information content (AvgIpc) is 2.81. The Bertz CT molecular complexity index is 1220. The molecule has 51 heavy (non-hydrogen) atoms. The predicted molar refractivity (Wildman–Crippen MR) is 156 cm³/mol. The van der Waals surface area contributed by atoms with Crippen molar-refractivity contribution in [2.45, 2.75) is 19.9 Å². The van der Waals surface area contributed by atoms with Gasteiger partial charge in [-0.3, -0.25) is 5.84 Å². The minimum atomic E-state index is -5.62. The molecule has 2 rings (SSSR count). The average molecular weight is 1150 g/mol. The van der Waals surface area contributed by atoms with Crippen LogP contribution in [-0.2, 0) is 22.4 Å². The van der Waals surface area contributed by atoms with Gasteiger partial charge in [-0.1, -0.05) is 24.3 Å². The maximum absolute atomic E-state index is 10.4. The summed E-state index contributed by atoms with van der Waals surface area (Å²) in [6.07, 6.45) is 0. The van der Waals surface area contributed by atoms with Gasteiger partial charge in [-0.15, -0.1) is 0 Å². The number of halogens is 6. The van der Waals surface area contributed by atoms with E-state index in [2.05, 4.69) is 5.43 Å². The Labute approximate surface area is 303 Å². The fourth-order valence-electron chi connectivity index (χ4n) is 2.23. The second-order valence-electron chi connectivity index (χ2n) is 7.44. The number of hydrogen-bond acceptors (Lipinski definition) is 10. The molecule has 0 saturated heterocycles. The Kier molecular flexibility index (Phi) is 33.4. The second kappa shape index (κ2) is 28.6. The molecule has 0 atom stereocenters. The first-order valence-electron chi connectivity index (χ1n) is 11.7. The van der Waals surface area contributed by atoms with Gasteiger partial charge in [0, 0.05) is 0 Å². The molecule has 0 amide bonds. The van der Waals surface area contributed by atoms with Gasteiger partial charge in [0.1, 0.15) is 11.5 Å². The van der Waals surface area contributed by atoms with Gasteiger partial charge in [0.25, 0.3) is 0 Å². The van der Waals surface area contributed by atoms with Gasteiger partial charge in [-0.2, -0.15) is 0 Å². The van der Waals surface area contributed by atoms with Gasteiger partial charge in [0.05, 0.1) is 19.3 Å². The molecule has 0 heterocycles. The van der Waals surface area contributed by atoms with E-state index in [-0.39, 0.29) is 6.04 Å². The van der Waals surface area contributed by atoms with Crippen LogP contribution in [0.25, 0.3) is 0 Å². The van der Waals surface area contributed by atoms with Gasteiger partial charge in [0.2, 0.25) is 0 Å². The minimum absolute atomic E-state index is 0.0589. The number of nitrogens with two attached hydrogens (primary N) is 1. The van der Waals surface area contributed by atoms with Crippen LogP contribution in [0.3, 0.4) is 0 Å². The molecule has 0 radical (unpaired) electrons. The molecule has 304 valence electrons. The Morgan fingerprint density at radius 2 is 0.647 bits per heavy atom. The van der Waals surface area contributed by atoms with Crippen molar-refractivity contribution in [1.29, 1.82) is 0 Å².